The topological polar surface area (TPSA) is 128 Å². The van der Waals surface area contributed by atoms with E-state index < -0.39 is 29.5 Å². The fraction of sp³-hybridized carbons (Fsp3) is 0.217. The highest BCUT2D eigenvalue weighted by Gasteiger charge is 2.49. The molecule has 3 aromatic rings. The van der Waals surface area contributed by atoms with E-state index >= 15 is 0 Å². The van der Waals surface area contributed by atoms with Crippen LogP contribution in [-0.2, 0) is 14.3 Å². The Morgan fingerprint density at radius 3 is 2.68 bits per heavy atom. The van der Waals surface area contributed by atoms with Crippen LogP contribution < -0.4 is 14.4 Å². The van der Waals surface area contributed by atoms with E-state index in [2.05, 4.69) is 4.98 Å². The average molecular weight is 482 g/mol. The molecule has 10 nitrogen and oxygen atoms in total. The Bertz CT molecular complexity index is 1340. The summed E-state index contributed by atoms with van der Waals surface area (Å²) < 4.78 is 21.4. The number of benzene rings is 1. The number of Topliss-reactive ketones (excluding diaryl/α,β-unsaturated/α-hetero) is 1. The molecule has 1 fully saturated rings. The number of nitrogens with zero attached hydrogens (tertiary/aromatic N) is 2. The maximum Gasteiger partial charge on any atom is 0.350 e. The Kier molecular flexibility index (Phi) is 5.33. The number of aliphatic hydroxyl groups is 1. The van der Waals surface area contributed by atoms with Gasteiger partial charge in [0.15, 0.2) is 16.6 Å². The number of anilines is 1. The fourth-order valence-corrected chi connectivity index (χ4v) is 4.87. The first-order valence-electron chi connectivity index (χ1n) is 10.2. The van der Waals surface area contributed by atoms with Gasteiger partial charge in [-0.2, -0.15) is 0 Å². The molecule has 0 radical (unpaired) electrons. The summed E-state index contributed by atoms with van der Waals surface area (Å²) in [6.07, 6.45) is 1.40. The predicted octanol–water partition coefficient (Wildman–Crippen LogP) is 3.23. The van der Waals surface area contributed by atoms with Crippen molar-refractivity contribution in [1.29, 1.82) is 0 Å². The van der Waals surface area contributed by atoms with Gasteiger partial charge in [-0.05, 0) is 37.3 Å². The van der Waals surface area contributed by atoms with Crippen LogP contribution >= 0.6 is 11.3 Å². The van der Waals surface area contributed by atoms with Crippen LogP contribution in [-0.4, -0.2) is 48.1 Å². The minimum atomic E-state index is -1.10. The number of carbonyl (C=O) groups is 3. The molecule has 5 rings (SSSR count). The number of hydrogen-bond acceptors (Lipinski definition) is 10. The molecule has 1 aromatic carbocycles. The maximum absolute atomic E-state index is 13.2. The number of methoxy groups -OCH3 is 1. The van der Waals surface area contributed by atoms with Gasteiger partial charge in [0.1, 0.15) is 35.7 Å². The molecule has 1 saturated heterocycles. The number of fused-ring (bicyclic) bond motifs is 1. The molecular weight excluding hydrogens is 464 g/mol. The molecule has 4 heterocycles. The van der Waals surface area contributed by atoms with Crippen LogP contribution in [0.5, 0.6) is 11.5 Å². The highest BCUT2D eigenvalue weighted by molar-refractivity contribution is 7.17. The van der Waals surface area contributed by atoms with Crippen LogP contribution in [0.15, 0.2) is 46.6 Å². The van der Waals surface area contributed by atoms with E-state index in [1.807, 2.05) is 0 Å². The normalized spacial score (nSPS) is 18.9. The smallest absolute Gasteiger partial charge is 0.350 e. The van der Waals surface area contributed by atoms with Gasteiger partial charge in [0, 0.05) is 5.56 Å². The highest BCUT2D eigenvalue weighted by atomic mass is 32.1. The summed E-state index contributed by atoms with van der Waals surface area (Å²) in [5.41, 5.74) is 0.437. The van der Waals surface area contributed by atoms with Crippen molar-refractivity contribution in [2.24, 2.45) is 0 Å². The van der Waals surface area contributed by atoms with Crippen molar-refractivity contribution in [2.45, 2.75) is 13.0 Å². The molecule has 2 aliphatic rings. The fourth-order valence-electron chi connectivity index (χ4n) is 3.86. The lowest BCUT2D eigenvalue weighted by molar-refractivity contribution is -0.132. The molecule has 11 heteroatoms. The van der Waals surface area contributed by atoms with Gasteiger partial charge in [-0.3, -0.25) is 14.5 Å². The second-order valence-electron chi connectivity index (χ2n) is 7.45. The summed E-state index contributed by atoms with van der Waals surface area (Å²) in [6.45, 7) is 2.35. The number of ketones is 1. The lowest BCUT2D eigenvalue weighted by Gasteiger charge is -2.21. The Labute approximate surface area is 197 Å². The first-order chi connectivity index (χ1) is 16.4. The zero-order chi connectivity index (χ0) is 24.0. The van der Waals surface area contributed by atoms with Crippen LogP contribution in [0.4, 0.5) is 5.13 Å². The molecule has 2 aliphatic heterocycles. The van der Waals surface area contributed by atoms with Gasteiger partial charge < -0.3 is 23.7 Å². The number of amides is 1. The molecule has 1 N–H and O–H groups in total. The monoisotopic (exact) mass is 482 g/mol. The molecule has 0 bridgehead atoms. The summed E-state index contributed by atoms with van der Waals surface area (Å²) in [5, 5.41) is 11.3. The van der Waals surface area contributed by atoms with Crippen LogP contribution in [0.2, 0.25) is 0 Å². The molecule has 1 atom stereocenters. The zero-order valence-corrected chi connectivity index (χ0v) is 18.9. The molecule has 1 amide bonds. The van der Waals surface area contributed by atoms with Crippen LogP contribution in [0.1, 0.15) is 32.7 Å². The summed E-state index contributed by atoms with van der Waals surface area (Å²) in [4.78, 5) is 44.0. The molecular formula is C23H18N2O8S. The minimum absolute atomic E-state index is 0.0997. The third kappa shape index (κ3) is 3.41. The lowest BCUT2D eigenvalue weighted by Crippen LogP contribution is -2.29. The largest absolute Gasteiger partial charge is 0.507 e. The van der Waals surface area contributed by atoms with Crippen molar-refractivity contribution in [1.82, 2.24) is 4.98 Å². The predicted molar refractivity (Wildman–Crippen MR) is 119 cm³/mol. The second kappa shape index (κ2) is 8.34. The highest BCUT2D eigenvalue weighted by Crippen LogP contribution is 2.44. The van der Waals surface area contributed by atoms with Crippen molar-refractivity contribution in [3.8, 4) is 11.5 Å². The first kappa shape index (κ1) is 21.7. The number of ether oxygens (including phenoxy) is 3. The van der Waals surface area contributed by atoms with Crippen molar-refractivity contribution < 1.29 is 38.1 Å². The van der Waals surface area contributed by atoms with E-state index in [0.717, 1.165) is 16.2 Å². The Morgan fingerprint density at radius 2 is 1.97 bits per heavy atom. The molecule has 0 aliphatic carbocycles. The Hall–Kier alpha value is -4.12. The summed E-state index contributed by atoms with van der Waals surface area (Å²) in [5.74, 6) is -1.67. The van der Waals surface area contributed by atoms with Crippen LogP contribution in [0.25, 0.3) is 5.76 Å². The molecule has 34 heavy (non-hydrogen) atoms. The molecule has 2 aromatic heterocycles. The van der Waals surface area contributed by atoms with E-state index in [-0.39, 0.29) is 26.9 Å². The molecule has 1 unspecified atom stereocenters. The number of esters is 1. The molecule has 174 valence electrons. The Balaban J connectivity index is 1.65. The van der Waals surface area contributed by atoms with Crippen LogP contribution in [0.3, 0.4) is 0 Å². The number of aryl methyl sites for hydroxylation is 1. The van der Waals surface area contributed by atoms with E-state index in [0.29, 0.717) is 30.4 Å². The Morgan fingerprint density at radius 1 is 1.21 bits per heavy atom. The van der Waals surface area contributed by atoms with Gasteiger partial charge in [-0.15, -0.1) is 0 Å². The number of aromatic nitrogens is 1. The quantitative estimate of drug-likeness (QED) is 0.258. The molecule has 0 saturated carbocycles. The second-order valence-corrected chi connectivity index (χ2v) is 8.42. The minimum Gasteiger partial charge on any atom is -0.507 e. The maximum atomic E-state index is 13.2. The van der Waals surface area contributed by atoms with Crippen molar-refractivity contribution in [3.05, 3.63) is 64.1 Å². The van der Waals surface area contributed by atoms with Crippen molar-refractivity contribution in [2.75, 3.05) is 25.2 Å². The summed E-state index contributed by atoms with van der Waals surface area (Å²) in [7, 11) is 1.24. The van der Waals surface area contributed by atoms with E-state index in [4.69, 9.17) is 18.6 Å². The summed E-state index contributed by atoms with van der Waals surface area (Å²) in [6, 6.07) is 6.82. The number of carbonyl (C=O) groups excluding carboxylic acids is 3. The van der Waals surface area contributed by atoms with Crippen molar-refractivity contribution >= 4 is 39.9 Å². The van der Waals surface area contributed by atoms with Gasteiger partial charge in [0.2, 0.25) is 0 Å². The lowest BCUT2D eigenvalue weighted by atomic mass is 9.99. The number of hydrogen-bond donors (Lipinski definition) is 1. The van der Waals surface area contributed by atoms with Gasteiger partial charge in [0.05, 0.1) is 24.6 Å². The van der Waals surface area contributed by atoms with E-state index in [9.17, 15) is 19.5 Å². The number of furan rings is 1. The standard InChI is InChI=1S/C23H18N2O8S/c1-11-20(22(29)30-2)34-23(24-11)25-17(14-4-3-7-31-14)16(19(27)21(25)28)18(26)12-5-6-13-15(10-12)33-9-8-32-13/h3-7,10,17,26H,8-9H2,1-2H3/b18-16+. The van der Waals surface area contributed by atoms with Gasteiger partial charge in [-0.25, -0.2) is 9.78 Å². The van der Waals surface area contributed by atoms with Gasteiger partial charge in [-0.1, -0.05) is 11.3 Å². The number of aliphatic hydroxyl groups excluding tert-OH is 1. The van der Waals surface area contributed by atoms with E-state index in [1.165, 1.54) is 13.4 Å². The molecule has 0 spiro atoms. The zero-order valence-electron chi connectivity index (χ0n) is 18.1. The first-order valence-corrected chi connectivity index (χ1v) is 11.0. The van der Waals surface area contributed by atoms with Crippen molar-refractivity contribution in [3.63, 3.8) is 0 Å². The van der Waals surface area contributed by atoms with E-state index in [1.54, 1.807) is 37.3 Å². The SMILES string of the molecule is COC(=O)c1sc(N2C(=O)C(=O)/C(=C(/O)c3ccc4c(c3)OCCO4)C2c2ccco2)nc1C. The third-order valence-corrected chi connectivity index (χ3v) is 6.57. The van der Waals surface area contributed by atoms with Crippen LogP contribution in [0, 0.1) is 6.92 Å². The van der Waals surface area contributed by atoms with Gasteiger partial charge in [0.25, 0.3) is 5.78 Å². The number of rotatable bonds is 4. The van der Waals surface area contributed by atoms with Gasteiger partial charge >= 0.3 is 11.9 Å². The number of thiazole rings is 1. The summed E-state index contributed by atoms with van der Waals surface area (Å²) >= 11 is 0.909. The third-order valence-electron chi connectivity index (χ3n) is 5.43. The average Bonchev–Trinajstić information content (AvgIpc) is 3.57.